The van der Waals surface area contributed by atoms with Crippen LogP contribution in [0.1, 0.15) is 13.8 Å². The fraction of sp³-hybridized carbons (Fsp3) is 0.278. The van der Waals surface area contributed by atoms with E-state index in [0.29, 0.717) is 12.2 Å². The Kier molecular flexibility index (Phi) is 6.05. The van der Waals surface area contributed by atoms with Gasteiger partial charge in [0.1, 0.15) is 5.82 Å². The van der Waals surface area contributed by atoms with Gasteiger partial charge in [0.05, 0.1) is 10.6 Å². The number of hydrogen-bond donors (Lipinski definition) is 0. The molecule has 5 nitrogen and oxygen atoms in total. The van der Waals surface area contributed by atoms with Gasteiger partial charge in [-0.15, -0.1) is 21.5 Å². The maximum Gasteiger partial charge on any atom is 0.237 e. The molecule has 0 atom stereocenters. The highest BCUT2D eigenvalue weighted by Crippen LogP contribution is 2.27. The van der Waals surface area contributed by atoms with Gasteiger partial charge in [0.15, 0.2) is 11.0 Å². The fourth-order valence-electron chi connectivity index (χ4n) is 2.60. The molecular formula is C18H19FN4OS2. The van der Waals surface area contributed by atoms with Crippen LogP contribution in [0.2, 0.25) is 0 Å². The first kappa shape index (κ1) is 18.6. The quantitative estimate of drug-likeness (QED) is 0.564. The summed E-state index contributed by atoms with van der Waals surface area (Å²) in [6, 6.07) is 9.94. The largest absolute Gasteiger partial charge is 0.312 e. The molecule has 2 aromatic heterocycles. The van der Waals surface area contributed by atoms with Crippen molar-refractivity contribution in [3.05, 3.63) is 47.6 Å². The lowest BCUT2D eigenvalue weighted by molar-refractivity contribution is -0.116. The van der Waals surface area contributed by atoms with E-state index in [1.165, 1.54) is 23.9 Å². The van der Waals surface area contributed by atoms with Crippen molar-refractivity contribution in [2.75, 3.05) is 17.2 Å². The summed E-state index contributed by atoms with van der Waals surface area (Å²) in [6.45, 7) is 5.18. The van der Waals surface area contributed by atoms with Gasteiger partial charge in [-0.1, -0.05) is 17.8 Å². The third-order valence-corrected chi connectivity index (χ3v) is 5.67. The first-order chi connectivity index (χ1) is 12.6. The molecule has 3 rings (SSSR count). The van der Waals surface area contributed by atoms with E-state index in [9.17, 15) is 9.18 Å². The molecule has 136 valence electrons. The van der Waals surface area contributed by atoms with Gasteiger partial charge >= 0.3 is 0 Å². The topological polar surface area (TPSA) is 51.0 Å². The van der Waals surface area contributed by atoms with Crippen LogP contribution in [-0.2, 0) is 11.3 Å². The molecule has 0 N–H and O–H groups in total. The number of hydrogen-bond acceptors (Lipinski definition) is 5. The van der Waals surface area contributed by atoms with E-state index in [0.717, 1.165) is 22.4 Å². The molecule has 1 aromatic carbocycles. The van der Waals surface area contributed by atoms with Crippen LogP contribution in [0.15, 0.2) is 46.9 Å². The predicted molar refractivity (Wildman–Crippen MR) is 104 cm³/mol. The Hall–Kier alpha value is -2.19. The van der Waals surface area contributed by atoms with E-state index in [1.54, 1.807) is 28.4 Å². The van der Waals surface area contributed by atoms with Crippen LogP contribution in [0.4, 0.5) is 10.1 Å². The highest BCUT2D eigenvalue weighted by molar-refractivity contribution is 7.99. The Labute approximate surface area is 159 Å². The predicted octanol–water partition coefficient (Wildman–Crippen LogP) is 4.31. The van der Waals surface area contributed by atoms with Crippen LogP contribution in [0.5, 0.6) is 0 Å². The van der Waals surface area contributed by atoms with Crippen molar-refractivity contribution < 1.29 is 9.18 Å². The Morgan fingerprint density at radius 3 is 2.62 bits per heavy atom. The second-order valence-electron chi connectivity index (χ2n) is 5.43. The maximum atomic E-state index is 13.1. The molecule has 0 saturated heterocycles. The molecule has 8 heteroatoms. The van der Waals surface area contributed by atoms with Gasteiger partial charge in [0.25, 0.3) is 0 Å². The molecule has 26 heavy (non-hydrogen) atoms. The van der Waals surface area contributed by atoms with E-state index < -0.39 is 0 Å². The lowest BCUT2D eigenvalue weighted by atomic mass is 10.3. The number of halogens is 1. The zero-order valence-electron chi connectivity index (χ0n) is 14.6. The van der Waals surface area contributed by atoms with Gasteiger partial charge in [0, 0.05) is 18.8 Å². The summed E-state index contributed by atoms with van der Waals surface area (Å²) in [7, 11) is 0. The molecular weight excluding hydrogens is 371 g/mol. The van der Waals surface area contributed by atoms with Crippen molar-refractivity contribution in [1.82, 2.24) is 14.8 Å². The van der Waals surface area contributed by atoms with Crippen LogP contribution in [0.25, 0.3) is 10.7 Å². The molecule has 2 heterocycles. The van der Waals surface area contributed by atoms with Crippen LogP contribution in [-0.4, -0.2) is 33.0 Å². The maximum absolute atomic E-state index is 13.1. The molecule has 0 fully saturated rings. The van der Waals surface area contributed by atoms with Gasteiger partial charge < -0.3 is 9.47 Å². The summed E-state index contributed by atoms with van der Waals surface area (Å²) < 4.78 is 15.1. The minimum atomic E-state index is -0.316. The van der Waals surface area contributed by atoms with Crippen molar-refractivity contribution >= 4 is 34.7 Å². The van der Waals surface area contributed by atoms with Gasteiger partial charge in [-0.25, -0.2) is 4.39 Å². The van der Waals surface area contributed by atoms with E-state index in [-0.39, 0.29) is 17.5 Å². The second kappa shape index (κ2) is 8.46. The Morgan fingerprint density at radius 2 is 2.00 bits per heavy atom. The van der Waals surface area contributed by atoms with Crippen LogP contribution >= 0.6 is 23.1 Å². The molecule has 0 spiro atoms. The number of anilines is 1. The Balaban J connectivity index is 1.72. The fourth-order valence-corrected chi connectivity index (χ4v) is 4.19. The molecule has 1 amide bonds. The highest BCUT2D eigenvalue weighted by atomic mass is 32.2. The zero-order chi connectivity index (χ0) is 18.5. The average molecular weight is 391 g/mol. The first-order valence-electron chi connectivity index (χ1n) is 8.29. The number of carbonyl (C=O) groups excluding carboxylic acids is 1. The number of benzene rings is 1. The number of carbonyl (C=O) groups is 1. The van der Waals surface area contributed by atoms with E-state index >= 15 is 0 Å². The molecule has 0 aliphatic heterocycles. The minimum Gasteiger partial charge on any atom is -0.312 e. The first-order valence-corrected chi connectivity index (χ1v) is 10.2. The third-order valence-electron chi connectivity index (χ3n) is 3.85. The molecule has 0 aliphatic rings. The lowest BCUT2D eigenvalue weighted by Gasteiger charge is -2.20. The summed E-state index contributed by atoms with van der Waals surface area (Å²) in [5.74, 6) is 0.702. The number of amides is 1. The highest BCUT2D eigenvalue weighted by Gasteiger charge is 2.18. The molecule has 3 aromatic rings. The summed E-state index contributed by atoms with van der Waals surface area (Å²) >= 11 is 2.98. The molecule has 0 aliphatic carbocycles. The summed E-state index contributed by atoms with van der Waals surface area (Å²) in [6.07, 6.45) is 0. The SMILES string of the molecule is CCN(C(=O)CSc1nnc(-c2cccs2)n1CC)c1ccc(F)cc1. The number of nitrogens with zero attached hydrogens (tertiary/aromatic N) is 4. The standard InChI is InChI=1S/C18H19FN4OS2/c1-3-22(14-9-7-13(19)8-10-14)16(24)12-26-18-21-20-17(23(18)4-2)15-6-5-11-25-15/h5-11H,3-4,12H2,1-2H3. The molecule has 0 bridgehead atoms. The molecule has 0 radical (unpaired) electrons. The number of rotatable bonds is 7. The summed E-state index contributed by atoms with van der Waals surface area (Å²) in [5, 5.41) is 11.2. The van der Waals surface area contributed by atoms with Crippen molar-refractivity contribution in [2.24, 2.45) is 0 Å². The summed E-state index contributed by atoms with van der Waals surface area (Å²) in [5.41, 5.74) is 0.690. The average Bonchev–Trinajstić information content (AvgIpc) is 3.31. The van der Waals surface area contributed by atoms with Crippen molar-refractivity contribution in [2.45, 2.75) is 25.5 Å². The Bertz CT molecular complexity index is 862. The van der Waals surface area contributed by atoms with Crippen molar-refractivity contribution in [3.8, 4) is 10.7 Å². The lowest BCUT2D eigenvalue weighted by Crippen LogP contribution is -2.32. The van der Waals surface area contributed by atoms with E-state index in [2.05, 4.69) is 10.2 Å². The third kappa shape index (κ3) is 3.96. The molecule has 0 saturated carbocycles. The van der Waals surface area contributed by atoms with Gasteiger partial charge in [0.2, 0.25) is 5.91 Å². The normalized spacial score (nSPS) is 10.9. The number of thioether (sulfide) groups is 1. The number of thiophene rings is 1. The Morgan fingerprint density at radius 1 is 1.23 bits per heavy atom. The summed E-state index contributed by atoms with van der Waals surface area (Å²) in [4.78, 5) is 15.3. The van der Waals surface area contributed by atoms with E-state index in [1.807, 2.05) is 35.9 Å². The smallest absolute Gasteiger partial charge is 0.237 e. The number of aromatic nitrogens is 3. The second-order valence-corrected chi connectivity index (χ2v) is 7.32. The van der Waals surface area contributed by atoms with Crippen molar-refractivity contribution in [3.63, 3.8) is 0 Å². The monoisotopic (exact) mass is 390 g/mol. The zero-order valence-corrected chi connectivity index (χ0v) is 16.2. The van der Waals surface area contributed by atoms with Gasteiger partial charge in [-0.3, -0.25) is 4.79 Å². The van der Waals surface area contributed by atoms with Crippen LogP contribution in [0, 0.1) is 5.82 Å². The van der Waals surface area contributed by atoms with E-state index in [4.69, 9.17) is 0 Å². The van der Waals surface area contributed by atoms with Gasteiger partial charge in [-0.2, -0.15) is 0 Å². The molecule has 0 unspecified atom stereocenters. The van der Waals surface area contributed by atoms with Gasteiger partial charge in [-0.05, 0) is 49.6 Å². The minimum absolute atomic E-state index is 0.0487. The van der Waals surface area contributed by atoms with Crippen LogP contribution in [0.3, 0.4) is 0 Å². The van der Waals surface area contributed by atoms with Crippen molar-refractivity contribution in [1.29, 1.82) is 0 Å². The van der Waals surface area contributed by atoms with Crippen LogP contribution < -0.4 is 4.90 Å².